The average Bonchev–Trinajstić information content (AvgIpc) is 2.28. The first-order valence-corrected chi connectivity index (χ1v) is 5.62. The molecule has 0 aliphatic carbocycles. The zero-order valence-corrected chi connectivity index (χ0v) is 10.5. The molecule has 0 aliphatic rings. The van der Waals surface area contributed by atoms with Crippen LogP contribution in [-0.2, 0) is 10.1 Å². The molecule has 0 heterocycles. The van der Waals surface area contributed by atoms with Crippen molar-refractivity contribution >= 4 is 39.2 Å². The van der Waals surface area contributed by atoms with Crippen molar-refractivity contribution in [2.45, 2.75) is 5.33 Å². The number of carbonyl (C=O) groups excluding carboxylic acids is 1. The van der Waals surface area contributed by atoms with Crippen LogP contribution in [0, 0.1) is 10.1 Å². The molecule has 0 aliphatic heterocycles. The Morgan fingerprint density at radius 3 is 2.69 bits per heavy atom. The summed E-state index contributed by atoms with van der Waals surface area (Å²) in [6.07, 6.45) is 0. The van der Waals surface area contributed by atoms with E-state index in [1.807, 2.05) is 0 Å². The molecule has 0 spiro atoms. The SMILES string of the molecule is COC(=O)c1cc([N+](=O)[O-])cc(CBr)c1Cl. The molecule has 16 heavy (non-hydrogen) atoms. The normalized spacial score (nSPS) is 9.94. The minimum atomic E-state index is -0.698. The number of nitro benzene ring substituents is 1. The van der Waals surface area contributed by atoms with Crippen LogP contribution in [-0.4, -0.2) is 18.0 Å². The fourth-order valence-corrected chi connectivity index (χ4v) is 1.99. The smallest absolute Gasteiger partial charge is 0.339 e. The fraction of sp³-hybridized carbons (Fsp3) is 0.222. The molecule has 1 aromatic carbocycles. The Balaban J connectivity index is 3.41. The number of non-ortho nitro benzene ring substituents is 1. The zero-order valence-electron chi connectivity index (χ0n) is 8.20. The Kier molecular flexibility index (Phi) is 4.26. The number of halogens is 2. The number of esters is 1. The molecule has 0 atom stereocenters. The Labute approximate surface area is 105 Å². The van der Waals surface area contributed by atoms with Crippen LogP contribution in [0.3, 0.4) is 0 Å². The molecule has 1 aromatic rings. The van der Waals surface area contributed by atoms with Crippen molar-refractivity contribution in [3.63, 3.8) is 0 Å². The molecule has 0 fully saturated rings. The number of ether oxygens (including phenoxy) is 1. The Morgan fingerprint density at radius 2 is 2.25 bits per heavy atom. The number of rotatable bonds is 3. The number of methoxy groups -OCH3 is 1. The molecule has 5 nitrogen and oxygen atoms in total. The molecule has 7 heteroatoms. The van der Waals surface area contributed by atoms with E-state index < -0.39 is 10.9 Å². The lowest BCUT2D eigenvalue weighted by Gasteiger charge is -2.06. The maximum atomic E-state index is 11.3. The van der Waals surface area contributed by atoms with Crippen molar-refractivity contribution < 1.29 is 14.5 Å². The van der Waals surface area contributed by atoms with Crippen LogP contribution in [0.25, 0.3) is 0 Å². The van der Waals surface area contributed by atoms with E-state index >= 15 is 0 Å². The minimum absolute atomic E-state index is 0.00665. The van der Waals surface area contributed by atoms with E-state index in [4.69, 9.17) is 11.6 Å². The highest BCUT2D eigenvalue weighted by molar-refractivity contribution is 9.08. The third-order valence-corrected chi connectivity index (χ3v) is 2.94. The summed E-state index contributed by atoms with van der Waals surface area (Å²) in [6, 6.07) is 2.41. The summed E-state index contributed by atoms with van der Waals surface area (Å²) in [5.41, 5.74) is 0.267. The van der Waals surface area contributed by atoms with Gasteiger partial charge in [-0.2, -0.15) is 0 Å². The number of alkyl halides is 1. The van der Waals surface area contributed by atoms with E-state index in [-0.39, 0.29) is 16.3 Å². The van der Waals surface area contributed by atoms with Gasteiger partial charge in [-0.05, 0) is 5.56 Å². The molecule has 0 amide bonds. The van der Waals surface area contributed by atoms with Gasteiger partial charge in [0.1, 0.15) is 0 Å². The third kappa shape index (κ3) is 2.51. The number of hydrogen-bond donors (Lipinski definition) is 0. The first-order chi connectivity index (χ1) is 7.51. The van der Waals surface area contributed by atoms with Gasteiger partial charge in [0.05, 0.1) is 22.6 Å². The summed E-state index contributed by atoms with van der Waals surface area (Å²) in [5, 5.41) is 11.1. The standard InChI is InChI=1S/C9H7BrClNO4/c1-16-9(13)7-3-6(12(14)15)2-5(4-10)8(7)11/h2-3H,4H2,1H3. The molecule has 0 bridgehead atoms. The molecule has 0 saturated carbocycles. The maximum Gasteiger partial charge on any atom is 0.339 e. The van der Waals surface area contributed by atoms with Gasteiger partial charge >= 0.3 is 5.97 Å². The molecule has 1 rings (SSSR count). The van der Waals surface area contributed by atoms with E-state index in [0.717, 1.165) is 6.07 Å². The second-order valence-corrected chi connectivity index (χ2v) is 3.79. The van der Waals surface area contributed by atoms with Gasteiger partial charge in [0, 0.05) is 17.5 Å². The lowest BCUT2D eigenvalue weighted by Crippen LogP contribution is -2.05. The van der Waals surface area contributed by atoms with Gasteiger partial charge in [-0.3, -0.25) is 10.1 Å². The number of hydrogen-bond acceptors (Lipinski definition) is 4. The van der Waals surface area contributed by atoms with Crippen molar-refractivity contribution in [1.82, 2.24) is 0 Å². The van der Waals surface area contributed by atoms with E-state index in [2.05, 4.69) is 20.7 Å². The first kappa shape index (κ1) is 12.9. The number of nitro groups is 1. The van der Waals surface area contributed by atoms with Crippen molar-refractivity contribution in [3.8, 4) is 0 Å². The number of benzene rings is 1. The topological polar surface area (TPSA) is 69.4 Å². The van der Waals surface area contributed by atoms with Gasteiger partial charge in [-0.25, -0.2) is 4.79 Å². The van der Waals surface area contributed by atoms with Crippen molar-refractivity contribution in [2.24, 2.45) is 0 Å². The summed E-state index contributed by atoms with van der Waals surface area (Å²) in [6.45, 7) is 0. The van der Waals surface area contributed by atoms with Gasteiger partial charge in [-0.15, -0.1) is 0 Å². The lowest BCUT2D eigenvalue weighted by molar-refractivity contribution is -0.384. The summed E-state index contributed by atoms with van der Waals surface area (Å²) in [5.74, 6) is -0.698. The molecule has 86 valence electrons. The molecular formula is C9H7BrClNO4. The quantitative estimate of drug-likeness (QED) is 0.372. The Bertz CT molecular complexity index is 449. The maximum absolute atomic E-state index is 11.3. The van der Waals surface area contributed by atoms with Gasteiger partial charge in [-0.1, -0.05) is 27.5 Å². The highest BCUT2D eigenvalue weighted by atomic mass is 79.9. The predicted octanol–water partition coefficient (Wildman–Crippen LogP) is 2.93. The third-order valence-electron chi connectivity index (χ3n) is 1.89. The fourth-order valence-electron chi connectivity index (χ4n) is 1.13. The largest absolute Gasteiger partial charge is 0.465 e. The molecule has 0 N–H and O–H groups in total. The molecule has 0 saturated heterocycles. The second kappa shape index (κ2) is 5.27. The lowest BCUT2D eigenvalue weighted by atomic mass is 10.1. The van der Waals surface area contributed by atoms with Crippen LogP contribution in [0.5, 0.6) is 0 Å². The molecular weight excluding hydrogens is 301 g/mol. The average molecular weight is 309 g/mol. The van der Waals surface area contributed by atoms with E-state index in [1.165, 1.54) is 13.2 Å². The van der Waals surface area contributed by atoms with Crippen LogP contribution in [0.2, 0.25) is 5.02 Å². The predicted molar refractivity (Wildman–Crippen MR) is 62.1 cm³/mol. The van der Waals surface area contributed by atoms with Crippen LogP contribution in [0.15, 0.2) is 12.1 Å². The molecule has 0 aromatic heterocycles. The first-order valence-electron chi connectivity index (χ1n) is 4.12. The van der Waals surface area contributed by atoms with Crippen molar-refractivity contribution in [3.05, 3.63) is 38.4 Å². The van der Waals surface area contributed by atoms with Crippen LogP contribution < -0.4 is 0 Å². The minimum Gasteiger partial charge on any atom is -0.465 e. The monoisotopic (exact) mass is 307 g/mol. The highest BCUT2D eigenvalue weighted by Gasteiger charge is 2.19. The van der Waals surface area contributed by atoms with Crippen LogP contribution in [0.4, 0.5) is 5.69 Å². The summed E-state index contributed by atoms with van der Waals surface area (Å²) >= 11 is 9.04. The van der Waals surface area contributed by atoms with E-state index in [1.54, 1.807) is 0 Å². The summed E-state index contributed by atoms with van der Waals surface area (Å²) in [4.78, 5) is 21.4. The van der Waals surface area contributed by atoms with Crippen LogP contribution in [0.1, 0.15) is 15.9 Å². The molecule has 0 unspecified atom stereocenters. The number of carbonyl (C=O) groups is 1. The summed E-state index contributed by atoms with van der Waals surface area (Å²) in [7, 11) is 1.19. The van der Waals surface area contributed by atoms with Crippen molar-refractivity contribution in [1.29, 1.82) is 0 Å². The number of nitrogens with zero attached hydrogens (tertiary/aromatic N) is 1. The van der Waals surface area contributed by atoms with Crippen molar-refractivity contribution in [2.75, 3.05) is 7.11 Å². The Hall–Kier alpha value is -1.14. The van der Waals surface area contributed by atoms with Gasteiger partial charge in [0.2, 0.25) is 0 Å². The van der Waals surface area contributed by atoms with E-state index in [0.29, 0.717) is 10.9 Å². The van der Waals surface area contributed by atoms with E-state index in [9.17, 15) is 14.9 Å². The second-order valence-electron chi connectivity index (χ2n) is 2.85. The highest BCUT2D eigenvalue weighted by Crippen LogP contribution is 2.29. The van der Waals surface area contributed by atoms with Gasteiger partial charge in [0.15, 0.2) is 0 Å². The van der Waals surface area contributed by atoms with Gasteiger partial charge in [0.25, 0.3) is 5.69 Å². The zero-order chi connectivity index (χ0) is 12.3. The Morgan fingerprint density at radius 1 is 1.62 bits per heavy atom. The van der Waals surface area contributed by atoms with Crippen LogP contribution >= 0.6 is 27.5 Å². The molecule has 0 radical (unpaired) electrons. The van der Waals surface area contributed by atoms with Gasteiger partial charge < -0.3 is 4.74 Å². The summed E-state index contributed by atoms with van der Waals surface area (Å²) < 4.78 is 4.49.